The predicted molar refractivity (Wildman–Crippen MR) is 115 cm³/mol. The molecule has 1 heterocycles. The molecule has 0 saturated carbocycles. The zero-order valence-corrected chi connectivity index (χ0v) is 18.0. The maximum Gasteiger partial charge on any atom is 0.414 e. The zero-order valence-electron chi connectivity index (χ0n) is 18.0. The summed E-state index contributed by atoms with van der Waals surface area (Å²) in [7, 11) is 2.61. The fraction of sp³-hybridized carbons (Fsp3) is 0.348. The van der Waals surface area contributed by atoms with Gasteiger partial charge in [-0.3, -0.25) is 14.5 Å². The molecule has 1 fully saturated rings. The second-order valence-corrected chi connectivity index (χ2v) is 7.29. The zero-order chi connectivity index (χ0) is 23.1. The topological polar surface area (TPSA) is 117 Å². The van der Waals surface area contributed by atoms with Crippen LogP contribution in [-0.2, 0) is 43.2 Å². The number of anilines is 1. The van der Waals surface area contributed by atoms with Crippen molar-refractivity contribution < 1.29 is 33.3 Å². The fourth-order valence-electron chi connectivity index (χ4n) is 3.31. The van der Waals surface area contributed by atoms with E-state index in [0.717, 1.165) is 11.3 Å². The van der Waals surface area contributed by atoms with Gasteiger partial charge in [0.1, 0.15) is 12.4 Å². The molecule has 1 amide bonds. The Bertz CT molecular complexity index is 939. The van der Waals surface area contributed by atoms with Crippen molar-refractivity contribution in [3.63, 3.8) is 0 Å². The number of rotatable bonds is 9. The first-order valence-electron chi connectivity index (χ1n) is 10.1. The smallest absolute Gasteiger partial charge is 0.414 e. The molecule has 170 valence electrons. The van der Waals surface area contributed by atoms with Crippen LogP contribution in [-0.4, -0.2) is 51.5 Å². The van der Waals surface area contributed by atoms with E-state index in [-0.39, 0.29) is 19.4 Å². The number of ether oxygens (including phenoxy) is 4. The Morgan fingerprint density at radius 2 is 1.59 bits per heavy atom. The van der Waals surface area contributed by atoms with Crippen LogP contribution in [0.25, 0.3) is 0 Å². The molecular weight excluding hydrogens is 416 g/mol. The summed E-state index contributed by atoms with van der Waals surface area (Å²) in [4.78, 5) is 37.2. The second-order valence-electron chi connectivity index (χ2n) is 7.29. The van der Waals surface area contributed by atoms with E-state index in [1.807, 2.05) is 24.3 Å². The van der Waals surface area contributed by atoms with Crippen LogP contribution in [0.2, 0.25) is 0 Å². The molecule has 1 saturated heterocycles. The van der Waals surface area contributed by atoms with Crippen molar-refractivity contribution in [1.29, 1.82) is 0 Å². The molecule has 2 N–H and O–H groups in total. The fourth-order valence-corrected chi connectivity index (χ4v) is 3.31. The first-order chi connectivity index (χ1) is 15.4. The summed E-state index contributed by atoms with van der Waals surface area (Å²) in [5, 5.41) is 0. The van der Waals surface area contributed by atoms with Crippen molar-refractivity contribution in [3.8, 4) is 5.75 Å². The van der Waals surface area contributed by atoms with Crippen molar-refractivity contribution in [3.05, 3.63) is 59.2 Å². The third-order valence-electron chi connectivity index (χ3n) is 4.97. The number of hydrogen-bond donors (Lipinski definition) is 1. The molecule has 0 bridgehead atoms. The number of esters is 2. The van der Waals surface area contributed by atoms with Gasteiger partial charge in [0.05, 0.1) is 33.6 Å². The van der Waals surface area contributed by atoms with Crippen LogP contribution in [0.5, 0.6) is 5.75 Å². The first-order valence-corrected chi connectivity index (χ1v) is 10.1. The molecule has 3 rings (SSSR count). The lowest BCUT2D eigenvalue weighted by Crippen LogP contribution is -2.26. The number of nitrogens with two attached hydrogens (primary N) is 1. The Morgan fingerprint density at radius 3 is 2.12 bits per heavy atom. The highest BCUT2D eigenvalue weighted by molar-refractivity contribution is 5.89. The van der Waals surface area contributed by atoms with E-state index in [9.17, 15) is 14.4 Å². The predicted octanol–water partition coefficient (Wildman–Crippen LogP) is 1.98. The Hall–Kier alpha value is -3.59. The van der Waals surface area contributed by atoms with E-state index >= 15 is 0 Å². The van der Waals surface area contributed by atoms with Gasteiger partial charge in [0.2, 0.25) is 0 Å². The summed E-state index contributed by atoms with van der Waals surface area (Å²) < 4.78 is 20.7. The average Bonchev–Trinajstić information content (AvgIpc) is 3.17. The van der Waals surface area contributed by atoms with E-state index in [4.69, 9.17) is 24.7 Å². The van der Waals surface area contributed by atoms with Crippen molar-refractivity contribution in [2.75, 3.05) is 32.3 Å². The molecular formula is C23H26N2O7. The largest absolute Gasteiger partial charge is 0.490 e. The van der Waals surface area contributed by atoms with Crippen LogP contribution in [0.1, 0.15) is 16.7 Å². The minimum absolute atomic E-state index is 0.0346. The summed E-state index contributed by atoms with van der Waals surface area (Å²) in [5.41, 5.74) is 8.58. The number of carbonyl (C=O) groups excluding carboxylic acids is 3. The maximum atomic E-state index is 12.3. The van der Waals surface area contributed by atoms with Crippen LogP contribution in [0.15, 0.2) is 42.5 Å². The SMILES string of the molecule is COC(=O)Cc1cc(CC(=O)OC)cc(OCC2CN(c3ccc(CN)cc3)C(=O)O2)c1. The Labute approximate surface area is 186 Å². The number of cyclic esters (lactones) is 1. The molecule has 0 aliphatic carbocycles. The van der Waals surface area contributed by atoms with E-state index in [0.29, 0.717) is 30.0 Å². The molecule has 0 radical (unpaired) electrons. The summed E-state index contributed by atoms with van der Waals surface area (Å²) in [5.74, 6) is -0.369. The molecule has 1 unspecified atom stereocenters. The Kier molecular flexibility index (Phi) is 7.67. The van der Waals surface area contributed by atoms with Crippen LogP contribution < -0.4 is 15.4 Å². The summed E-state index contributed by atoms with van der Waals surface area (Å²) >= 11 is 0. The number of carbonyl (C=O) groups is 3. The highest BCUT2D eigenvalue weighted by Gasteiger charge is 2.32. The maximum absolute atomic E-state index is 12.3. The molecule has 1 aliphatic rings. The number of amides is 1. The van der Waals surface area contributed by atoms with Crippen LogP contribution in [0.4, 0.5) is 10.5 Å². The lowest BCUT2D eigenvalue weighted by Gasteiger charge is -2.14. The highest BCUT2D eigenvalue weighted by atomic mass is 16.6. The molecule has 9 nitrogen and oxygen atoms in total. The van der Waals surface area contributed by atoms with Gasteiger partial charge in [-0.25, -0.2) is 4.79 Å². The van der Waals surface area contributed by atoms with Gasteiger partial charge in [0.15, 0.2) is 6.10 Å². The Balaban J connectivity index is 1.67. The van der Waals surface area contributed by atoms with Crippen molar-refractivity contribution >= 4 is 23.7 Å². The molecule has 2 aromatic rings. The minimum atomic E-state index is -0.481. The van der Waals surface area contributed by atoms with E-state index < -0.39 is 24.1 Å². The minimum Gasteiger partial charge on any atom is -0.490 e. The standard InChI is InChI=1S/C23H26N2O7/c1-29-21(26)10-16-7-17(11-22(27)30-2)9-19(8-16)31-14-20-13-25(23(28)32-20)18-5-3-15(12-24)4-6-18/h3-9,20H,10-14,24H2,1-2H3. The van der Waals surface area contributed by atoms with E-state index in [1.165, 1.54) is 19.1 Å². The molecule has 0 aromatic heterocycles. The lowest BCUT2D eigenvalue weighted by atomic mass is 10.1. The van der Waals surface area contributed by atoms with Gasteiger partial charge in [-0.1, -0.05) is 18.2 Å². The lowest BCUT2D eigenvalue weighted by molar-refractivity contribution is -0.140. The number of nitrogens with zero attached hydrogens (tertiary/aromatic N) is 1. The van der Waals surface area contributed by atoms with Crippen LogP contribution >= 0.6 is 0 Å². The van der Waals surface area contributed by atoms with Gasteiger partial charge in [0.25, 0.3) is 0 Å². The second kappa shape index (κ2) is 10.6. The normalized spacial score (nSPS) is 15.3. The summed E-state index contributed by atoms with van der Waals surface area (Å²) in [6.07, 6.45) is -0.866. The quantitative estimate of drug-likeness (QED) is 0.463. The van der Waals surface area contributed by atoms with Crippen molar-refractivity contribution in [2.45, 2.75) is 25.5 Å². The van der Waals surface area contributed by atoms with Crippen molar-refractivity contribution in [1.82, 2.24) is 0 Å². The molecule has 1 atom stereocenters. The summed E-state index contributed by atoms with van der Waals surface area (Å²) in [6.45, 7) is 0.869. The van der Waals surface area contributed by atoms with Gasteiger partial charge in [-0.05, 0) is 41.0 Å². The van der Waals surface area contributed by atoms with E-state index in [2.05, 4.69) is 0 Å². The summed E-state index contributed by atoms with van der Waals surface area (Å²) in [6, 6.07) is 12.5. The van der Waals surface area contributed by atoms with Gasteiger partial charge in [-0.2, -0.15) is 0 Å². The first kappa shape index (κ1) is 23.1. The number of methoxy groups -OCH3 is 2. The molecule has 1 aliphatic heterocycles. The molecule has 0 spiro atoms. The van der Waals surface area contributed by atoms with Crippen LogP contribution in [0, 0.1) is 0 Å². The third kappa shape index (κ3) is 5.98. The highest BCUT2D eigenvalue weighted by Crippen LogP contribution is 2.24. The third-order valence-corrected chi connectivity index (χ3v) is 4.97. The van der Waals surface area contributed by atoms with Gasteiger partial charge < -0.3 is 24.7 Å². The van der Waals surface area contributed by atoms with Gasteiger partial charge >= 0.3 is 18.0 Å². The molecule has 9 heteroatoms. The Morgan fingerprint density at radius 1 is 1.00 bits per heavy atom. The number of hydrogen-bond acceptors (Lipinski definition) is 8. The monoisotopic (exact) mass is 442 g/mol. The van der Waals surface area contributed by atoms with Gasteiger partial charge in [-0.15, -0.1) is 0 Å². The van der Waals surface area contributed by atoms with Crippen molar-refractivity contribution in [2.24, 2.45) is 5.73 Å². The van der Waals surface area contributed by atoms with E-state index in [1.54, 1.807) is 18.2 Å². The molecule has 2 aromatic carbocycles. The average molecular weight is 442 g/mol. The molecule has 32 heavy (non-hydrogen) atoms. The van der Waals surface area contributed by atoms with Crippen LogP contribution in [0.3, 0.4) is 0 Å². The van der Waals surface area contributed by atoms with Gasteiger partial charge in [0, 0.05) is 12.2 Å². The number of benzene rings is 2.